The van der Waals surface area contributed by atoms with Crippen molar-refractivity contribution in [3.05, 3.63) is 23.8 Å². The van der Waals surface area contributed by atoms with E-state index in [-0.39, 0.29) is 5.91 Å². The number of benzene rings is 1. The second-order valence-electron chi connectivity index (χ2n) is 6.06. The van der Waals surface area contributed by atoms with Crippen molar-refractivity contribution in [1.29, 1.82) is 0 Å². The van der Waals surface area contributed by atoms with Crippen LogP contribution in [0.25, 0.3) is 0 Å². The van der Waals surface area contributed by atoms with Gasteiger partial charge in [-0.2, -0.15) is 0 Å². The van der Waals surface area contributed by atoms with E-state index in [1.165, 1.54) is 25.7 Å². The summed E-state index contributed by atoms with van der Waals surface area (Å²) in [5.41, 5.74) is 7.68. The maximum atomic E-state index is 12.1. The quantitative estimate of drug-likeness (QED) is 0.625. The molecule has 3 N–H and O–H groups in total. The molecule has 0 unspecified atom stereocenters. The molecule has 1 saturated carbocycles. The lowest BCUT2D eigenvalue weighted by atomic mass is 10.1. The largest absolute Gasteiger partial charge is 0.492 e. The Kier molecular flexibility index (Phi) is 6.56. The highest BCUT2D eigenvalue weighted by atomic mass is 16.5. The van der Waals surface area contributed by atoms with Gasteiger partial charge in [0.25, 0.3) is 0 Å². The van der Waals surface area contributed by atoms with E-state index in [0.29, 0.717) is 30.5 Å². The highest BCUT2D eigenvalue weighted by molar-refractivity contribution is 5.76. The smallest absolute Gasteiger partial charge is 0.220 e. The molecule has 0 atom stereocenters. The molecular weight excluding hydrogens is 276 g/mol. The standard InChI is InChI=1S/C18H28N2O2/c1-2-22-17-11-9-14(13-16(17)19)10-12-18(21)20-15-7-5-3-4-6-8-15/h9,11,13,15H,2-8,10,12,19H2,1H3,(H,20,21). The van der Waals surface area contributed by atoms with Gasteiger partial charge in [0.2, 0.25) is 5.91 Å². The zero-order valence-electron chi connectivity index (χ0n) is 13.6. The predicted octanol–water partition coefficient (Wildman–Crippen LogP) is 3.44. The molecule has 4 heteroatoms. The van der Waals surface area contributed by atoms with Crippen LogP contribution >= 0.6 is 0 Å². The third kappa shape index (κ3) is 5.24. The summed E-state index contributed by atoms with van der Waals surface area (Å²) in [6, 6.07) is 6.15. The molecular formula is C18H28N2O2. The monoisotopic (exact) mass is 304 g/mol. The average molecular weight is 304 g/mol. The molecule has 1 aliphatic rings. The van der Waals surface area contributed by atoms with Gasteiger partial charge in [0.15, 0.2) is 0 Å². The Bertz CT molecular complexity index is 480. The Morgan fingerprint density at radius 3 is 2.64 bits per heavy atom. The normalized spacial score (nSPS) is 16.0. The molecule has 0 radical (unpaired) electrons. The minimum atomic E-state index is 0.152. The number of hydrogen-bond donors (Lipinski definition) is 2. The van der Waals surface area contributed by atoms with Crippen molar-refractivity contribution in [2.45, 2.75) is 64.3 Å². The van der Waals surface area contributed by atoms with Gasteiger partial charge in [0.1, 0.15) is 5.75 Å². The Morgan fingerprint density at radius 1 is 1.27 bits per heavy atom. The summed E-state index contributed by atoms with van der Waals surface area (Å²) in [4.78, 5) is 12.1. The highest BCUT2D eigenvalue weighted by Crippen LogP contribution is 2.23. The molecule has 22 heavy (non-hydrogen) atoms. The number of carbonyl (C=O) groups excluding carboxylic acids is 1. The number of amides is 1. The lowest BCUT2D eigenvalue weighted by Gasteiger charge is -2.16. The van der Waals surface area contributed by atoms with E-state index in [2.05, 4.69) is 5.32 Å². The van der Waals surface area contributed by atoms with Gasteiger partial charge >= 0.3 is 0 Å². The highest BCUT2D eigenvalue weighted by Gasteiger charge is 2.14. The molecule has 0 saturated heterocycles. The molecule has 2 rings (SSSR count). The van der Waals surface area contributed by atoms with E-state index in [0.717, 1.165) is 24.8 Å². The van der Waals surface area contributed by atoms with Crippen molar-refractivity contribution in [1.82, 2.24) is 5.32 Å². The molecule has 1 fully saturated rings. The number of nitrogen functional groups attached to an aromatic ring is 1. The summed E-state index contributed by atoms with van der Waals surface area (Å²) in [5.74, 6) is 0.869. The summed E-state index contributed by atoms with van der Waals surface area (Å²) in [6.07, 6.45) is 8.57. The van der Waals surface area contributed by atoms with Crippen molar-refractivity contribution >= 4 is 11.6 Å². The maximum Gasteiger partial charge on any atom is 0.220 e. The van der Waals surface area contributed by atoms with Gasteiger partial charge in [-0.15, -0.1) is 0 Å². The topological polar surface area (TPSA) is 64.3 Å². The first-order valence-electron chi connectivity index (χ1n) is 8.49. The van der Waals surface area contributed by atoms with Crippen LogP contribution in [-0.2, 0) is 11.2 Å². The summed E-state index contributed by atoms with van der Waals surface area (Å²) in [6.45, 7) is 2.54. The van der Waals surface area contributed by atoms with E-state index >= 15 is 0 Å². The van der Waals surface area contributed by atoms with Crippen LogP contribution in [0.4, 0.5) is 5.69 Å². The second kappa shape index (κ2) is 8.66. The van der Waals surface area contributed by atoms with Crippen molar-refractivity contribution in [2.24, 2.45) is 0 Å². The molecule has 0 spiro atoms. The average Bonchev–Trinajstić information content (AvgIpc) is 2.76. The van der Waals surface area contributed by atoms with Crippen LogP contribution in [0.2, 0.25) is 0 Å². The third-order valence-corrected chi connectivity index (χ3v) is 4.24. The van der Waals surface area contributed by atoms with Crippen molar-refractivity contribution in [2.75, 3.05) is 12.3 Å². The van der Waals surface area contributed by atoms with Gasteiger partial charge in [0, 0.05) is 12.5 Å². The van der Waals surface area contributed by atoms with Crippen LogP contribution in [0.5, 0.6) is 5.75 Å². The van der Waals surface area contributed by atoms with Crippen LogP contribution in [0.1, 0.15) is 57.4 Å². The fraction of sp³-hybridized carbons (Fsp3) is 0.611. The van der Waals surface area contributed by atoms with E-state index in [9.17, 15) is 4.79 Å². The second-order valence-corrected chi connectivity index (χ2v) is 6.06. The molecule has 1 aromatic rings. The van der Waals surface area contributed by atoms with Gasteiger partial charge in [-0.05, 0) is 43.9 Å². The number of nitrogens with two attached hydrogens (primary N) is 1. The molecule has 1 amide bonds. The van der Waals surface area contributed by atoms with Gasteiger partial charge in [0.05, 0.1) is 12.3 Å². The summed E-state index contributed by atoms with van der Waals surface area (Å²) in [5, 5.41) is 3.18. The van der Waals surface area contributed by atoms with Crippen molar-refractivity contribution < 1.29 is 9.53 Å². The van der Waals surface area contributed by atoms with Crippen LogP contribution in [0, 0.1) is 0 Å². The van der Waals surface area contributed by atoms with Crippen LogP contribution in [-0.4, -0.2) is 18.6 Å². The maximum absolute atomic E-state index is 12.1. The van der Waals surface area contributed by atoms with Crippen molar-refractivity contribution in [3.63, 3.8) is 0 Å². The van der Waals surface area contributed by atoms with Gasteiger partial charge in [-0.1, -0.05) is 31.7 Å². The zero-order chi connectivity index (χ0) is 15.8. The zero-order valence-corrected chi connectivity index (χ0v) is 13.6. The lowest BCUT2D eigenvalue weighted by Crippen LogP contribution is -2.34. The van der Waals surface area contributed by atoms with E-state index in [4.69, 9.17) is 10.5 Å². The minimum absolute atomic E-state index is 0.152. The predicted molar refractivity (Wildman–Crippen MR) is 90.0 cm³/mol. The number of ether oxygens (including phenoxy) is 1. The van der Waals surface area contributed by atoms with E-state index in [1.54, 1.807) is 0 Å². The number of aryl methyl sites for hydroxylation is 1. The summed E-state index contributed by atoms with van der Waals surface area (Å²) >= 11 is 0. The molecule has 0 aliphatic heterocycles. The first-order chi connectivity index (χ1) is 10.7. The minimum Gasteiger partial charge on any atom is -0.492 e. The van der Waals surface area contributed by atoms with Gasteiger partial charge in [-0.3, -0.25) is 4.79 Å². The number of hydrogen-bond acceptors (Lipinski definition) is 3. The summed E-state index contributed by atoms with van der Waals surface area (Å²) < 4.78 is 5.43. The lowest BCUT2D eigenvalue weighted by molar-refractivity contribution is -0.121. The Morgan fingerprint density at radius 2 is 2.00 bits per heavy atom. The first kappa shape index (κ1) is 16.7. The Balaban J connectivity index is 1.79. The Hall–Kier alpha value is -1.71. The fourth-order valence-corrected chi connectivity index (χ4v) is 3.02. The number of nitrogens with one attached hydrogen (secondary N) is 1. The van der Waals surface area contributed by atoms with E-state index < -0.39 is 0 Å². The fourth-order valence-electron chi connectivity index (χ4n) is 3.02. The van der Waals surface area contributed by atoms with Crippen LogP contribution in [0.3, 0.4) is 0 Å². The van der Waals surface area contributed by atoms with E-state index in [1.807, 2.05) is 25.1 Å². The molecule has 0 bridgehead atoms. The molecule has 0 heterocycles. The third-order valence-electron chi connectivity index (χ3n) is 4.24. The van der Waals surface area contributed by atoms with Crippen molar-refractivity contribution in [3.8, 4) is 5.75 Å². The van der Waals surface area contributed by atoms with Gasteiger partial charge in [-0.25, -0.2) is 0 Å². The van der Waals surface area contributed by atoms with Crippen LogP contribution < -0.4 is 15.8 Å². The number of carbonyl (C=O) groups is 1. The number of anilines is 1. The SMILES string of the molecule is CCOc1ccc(CCC(=O)NC2CCCCCC2)cc1N. The van der Waals surface area contributed by atoms with Gasteiger partial charge < -0.3 is 15.8 Å². The Labute approximate surface area is 133 Å². The molecule has 122 valence electrons. The molecule has 4 nitrogen and oxygen atoms in total. The number of rotatable bonds is 6. The first-order valence-corrected chi connectivity index (χ1v) is 8.49. The molecule has 1 aromatic carbocycles. The summed E-state index contributed by atoms with van der Waals surface area (Å²) in [7, 11) is 0. The van der Waals surface area contributed by atoms with Crippen LogP contribution in [0.15, 0.2) is 18.2 Å². The molecule has 0 aromatic heterocycles. The molecule has 1 aliphatic carbocycles.